The number of aromatic amines is 1. The fraction of sp³-hybridized carbons (Fsp3) is 0.192. The van der Waals surface area contributed by atoms with Crippen LogP contribution in [0.1, 0.15) is 36.2 Å². The second-order valence-corrected chi connectivity index (χ2v) is 9.15. The van der Waals surface area contributed by atoms with Crippen molar-refractivity contribution in [3.63, 3.8) is 0 Å². The smallest absolute Gasteiger partial charge is 0.255 e. The van der Waals surface area contributed by atoms with Crippen LogP contribution in [0, 0.1) is 5.92 Å². The van der Waals surface area contributed by atoms with Gasteiger partial charge in [0.05, 0.1) is 11.0 Å². The second kappa shape index (κ2) is 10.4. The zero-order chi connectivity index (χ0) is 23.2. The quantitative estimate of drug-likeness (QED) is 0.279. The van der Waals surface area contributed by atoms with E-state index in [0.29, 0.717) is 35.0 Å². The summed E-state index contributed by atoms with van der Waals surface area (Å²) in [5.41, 5.74) is 4.85. The van der Waals surface area contributed by atoms with Gasteiger partial charge in [-0.2, -0.15) is 0 Å². The average molecular weight is 459 g/mol. The Hall–Kier alpha value is -3.58. The molecule has 6 nitrogen and oxygen atoms in total. The van der Waals surface area contributed by atoms with E-state index in [1.807, 2.05) is 62.4 Å². The summed E-state index contributed by atoms with van der Waals surface area (Å²) < 4.78 is 0. The number of fused-ring (bicyclic) bond motifs is 1. The number of rotatable bonds is 8. The van der Waals surface area contributed by atoms with Gasteiger partial charge in [-0.1, -0.05) is 55.9 Å². The highest BCUT2D eigenvalue weighted by Gasteiger charge is 2.13. The van der Waals surface area contributed by atoms with Crippen molar-refractivity contribution in [3.8, 4) is 0 Å². The first-order valence-corrected chi connectivity index (χ1v) is 11.8. The summed E-state index contributed by atoms with van der Waals surface area (Å²) in [7, 11) is 0. The summed E-state index contributed by atoms with van der Waals surface area (Å²) in [6.07, 6.45) is 0.474. The van der Waals surface area contributed by atoms with Crippen LogP contribution in [0.15, 0.2) is 78.0 Å². The third kappa shape index (κ3) is 6.02. The summed E-state index contributed by atoms with van der Waals surface area (Å²) in [6.45, 7) is 4.01. The number of aromatic nitrogens is 2. The molecule has 0 bridgehead atoms. The van der Waals surface area contributed by atoms with Crippen LogP contribution < -0.4 is 10.6 Å². The maximum atomic E-state index is 13.0. The number of nitrogens with zero attached hydrogens (tertiary/aromatic N) is 1. The van der Waals surface area contributed by atoms with Gasteiger partial charge in [0.2, 0.25) is 5.91 Å². The van der Waals surface area contributed by atoms with Gasteiger partial charge in [0, 0.05) is 29.1 Å². The normalized spacial score (nSPS) is 11.0. The maximum Gasteiger partial charge on any atom is 0.255 e. The minimum absolute atomic E-state index is 0.0160. The molecular weight excluding hydrogens is 432 g/mol. The van der Waals surface area contributed by atoms with E-state index in [0.717, 1.165) is 21.8 Å². The van der Waals surface area contributed by atoms with Crippen molar-refractivity contribution in [2.45, 2.75) is 31.2 Å². The van der Waals surface area contributed by atoms with Crippen molar-refractivity contribution < 1.29 is 9.59 Å². The summed E-state index contributed by atoms with van der Waals surface area (Å²) in [6, 6.07) is 22.6. The summed E-state index contributed by atoms with van der Waals surface area (Å²) >= 11 is 1.56. The molecule has 2 amide bonds. The molecule has 7 heteroatoms. The summed E-state index contributed by atoms with van der Waals surface area (Å²) in [5.74, 6) is 0.725. The van der Waals surface area contributed by atoms with Gasteiger partial charge >= 0.3 is 0 Å². The number of carbonyl (C=O) groups is 2. The zero-order valence-corrected chi connectivity index (χ0v) is 19.4. The van der Waals surface area contributed by atoms with Crippen LogP contribution in [0.4, 0.5) is 11.4 Å². The van der Waals surface area contributed by atoms with Crippen LogP contribution in [-0.2, 0) is 10.5 Å². The van der Waals surface area contributed by atoms with Crippen molar-refractivity contribution in [1.82, 2.24) is 9.97 Å². The van der Waals surface area contributed by atoms with Crippen molar-refractivity contribution in [2.75, 3.05) is 10.6 Å². The van der Waals surface area contributed by atoms with Gasteiger partial charge in [-0.3, -0.25) is 9.59 Å². The van der Waals surface area contributed by atoms with Gasteiger partial charge in [0.15, 0.2) is 5.16 Å². The predicted octanol–water partition coefficient (Wildman–Crippen LogP) is 6.09. The molecular formula is C26H26N4O2S. The first-order valence-electron chi connectivity index (χ1n) is 10.8. The standard InChI is InChI=1S/C26H26N4O2S/c1-17(2)15-24(31)27-19-11-13-20(14-12-19)28-25(32)21-8-4-3-7-18(21)16-33-26-29-22-9-5-6-10-23(22)30-26/h3-14,17H,15-16H2,1-2H3,(H,27,31)(H,28,32)(H,29,30). The predicted molar refractivity (Wildman–Crippen MR) is 135 cm³/mol. The molecule has 0 unspecified atom stereocenters. The van der Waals surface area contributed by atoms with Gasteiger partial charge in [-0.25, -0.2) is 4.98 Å². The minimum atomic E-state index is -0.174. The largest absolute Gasteiger partial charge is 0.333 e. The molecule has 0 aliphatic rings. The fourth-order valence-corrected chi connectivity index (χ4v) is 4.32. The first kappa shape index (κ1) is 22.6. The molecule has 0 atom stereocenters. The lowest BCUT2D eigenvalue weighted by Crippen LogP contribution is -2.15. The average Bonchev–Trinajstić information content (AvgIpc) is 3.22. The fourth-order valence-electron chi connectivity index (χ4n) is 3.43. The van der Waals surface area contributed by atoms with E-state index < -0.39 is 0 Å². The van der Waals surface area contributed by atoms with Gasteiger partial charge in [-0.15, -0.1) is 0 Å². The Labute approximate surface area is 197 Å². The lowest BCUT2D eigenvalue weighted by Gasteiger charge is -2.11. The SMILES string of the molecule is CC(C)CC(=O)Nc1ccc(NC(=O)c2ccccc2CSc2nc3ccccc3[nH]2)cc1. The Morgan fingerprint density at radius 1 is 0.909 bits per heavy atom. The highest BCUT2D eigenvalue weighted by Crippen LogP contribution is 2.25. The highest BCUT2D eigenvalue weighted by atomic mass is 32.2. The molecule has 0 aliphatic carbocycles. The molecule has 1 heterocycles. The molecule has 4 aromatic rings. The molecule has 1 aromatic heterocycles. The van der Waals surface area contributed by atoms with E-state index in [9.17, 15) is 9.59 Å². The Bertz CT molecular complexity index is 1230. The third-order valence-electron chi connectivity index (χ3n) is 5.01. The van der Waals surface area contributed by atoms with E-state index in [1.54, 1.807) is 36.0 Å². The van der Waals surface area contributed by atoms with Crippen LogP contribution in [0.25, 0.3) is 11.0 Å². The van der Waals surface area contributed by atoms with Gasteiger partial charge < -0.3 is 15.6 Å². The monoisotopic (exact) mass is 458 g/mol. The molecule has 0 aliphatic heterocycles. The Morgan fingerprint density at radius 3 is 2.30 bits per heavy atom. The van der Waals surface area contributed by atoms with E-state index in [4.69, 9.17) is 0 Å². The van der Waals surface area contributed by atoms with Crippen molar-refractivity contribution >= 4 is 46.0 Å². The number of H-pyrrole nitrogens is 1. The van der Waals surface area contributed by atoms with Crippen molar-refractivity contribution in [1.29, 1.82) is 0 Å². The Balaban J connectivity index is 1.40. The topological polar surface area (TPSA) is 86.9 Å². The van der Waals surface area contributed by atoms with Crippen molar-refractivity contribution in [2.24, 2.45) is 5.92 Å². The molecule has 3 aromatic carbocycles. The van der Waals surface area contributed by atoms with E-state index in [1.165, 1.54) is 0 Å². The first-order chi connectivity index (χ1) is 16.0. The molecule has 3 N–H and O–H groups in total. The van der Waals surface area contributed by atoms with E-state index in [2.05, 4.69) is 20.6 Å². The Morgan fingerprint density at radius 2 is 1.58 bits per heavy atom. The molecule has 0 saturated carbocycles. The molecule has 4 rings (SSSR count). The number of amides is 2. The lowest BCUT2D eigenvalue weighted by atomic mass is 10.1. The Kier molecular flexibility index (Phi) is 7.10. The van der Waals surface area contributed by atoms with Gasteiger partial charge in [-0.05, 0) is 53.9 Å². The van der Waals surface area contributed by atoms with Crippen LogP contribution in [-0.4, -0.2) is 21.8 Å². The second-order valence-electron chi connectivity index (χ2n) is 8.18. The zero-order valence-electron chi connectivity index (χ0n) is 18.6. The highest BCUT2D eigenvalue weighted by molar-refractivity contribution is 7.98. The van der Waals surface area contributed by atoms with E-state index >= 15 is 0 Å². The number of benzene rings is 3. The minimum Gasteiger partial charge on any atom is -0.333 e. The number of anilines is 2. The number of hydrogen-bond donors (Lipinski definition) is 3. The van der Waals surface area contributed by atoms with Crippen molar-refractivity contribution in [3.05, 3.63) is 83.9 Å². The van der Waals surface area contributed by atoms with E-state index in [-0.39, 0.29) is 11.8 Å². The van der Waals surface area contributed by atoms with Crippen LogP contribution >= 0.6 is 11.8 Å². The number of carbonyl (C=O) groups excluding carboxylic acids is 2. The number of thioether (sulfide) groups is 1. The van der Waals surface area contributed by atoms with Gasteiger partial charge in [0.25, 0.3) is 5.91 Å². The number of nitrogens with one attached hydrogen (secondary N) is 3. The molecule has 0 radical (unpaired) electrons. The summed E-state index contributed by atoms with van der Waals surface area (Å²) in [5, 5.41) is 6.64. The third-order valence-corrected chi connectivity index (χ3v) is 5.94. The van der Waals surface area contributed by atoms with Crippen LogP contribution in [0.3, 0.4) is 0 Å². The lowest BCUT2D eigenvalue weighted by molar-refractivity contribution is -0.116. The number of para-hydroxylation sites is 2. The molecule has 168 valence electrons. The maximum absolute atomic E-state index is 13.0. The number of hydrogen-bond acceptors (Lipinski definition) is 4. The molecule has 0 fully saturated rings. The molecule has 0 saturated heterocycles. The molecule has 33 heavy (non-hydrogen) atoms. The summed E-state index contributed by atoms with van der Waals surface area (Å²) in [4.78, 5) is 32.8. The van der Waals surface area contributed by atoms with Crippen LogP contribution in [0.2, 0.25) is 0 Å². The molecule has 0 spiro atoms. The van der Waals surface area contributed by atoms with Crippen LogP contribution in [0.5, 0.6) is 0 Å². The van der Waals surface area contributed by atoms with Gasteiger partial charge in [0.1, 0.15) is 0 Å². The number of imidazole rings is 1.